The van der Waals surface area contributed by atoms with Crippen LogP contribution in [0, 0.1) is 20.2 Å². The number of non-ortho nitro benzene ring substituents is 2. The topological polar surface area (TPSA) is 206 Å². The van der Waals surface area contributed by atoms with Crippen LogP contribution in [0.3, 0.4) is 0 Å². The van der Waals surface area contributed by atoms with Crippen molar-refractivity contribution in [2.75, 3.05) is 13.2 Å². The maximum Gasteiger partial charge on any atom is 0.344 e. The SMILES string of the molecule is CCOC(=O)C1=C(C)NC(C)=C(C(=O)OC(=O)C2=C(C)NC(C)=C(C(=O)OCC)[C@@H]2c2cccc([N+](=O)[O-])c2)[C@H]1c1cccc([N+](=O)[O-])c1. The molecule has 0 unspecified atom stereocenters. The van der Waals surface area contributed by atoms with E-state index in [0.29, 0.717) is 11.4 Å². The van der Waals surface area contributed by atoms with Crippen molar-refractivity contribution in [3.05, 3.63) is 125 Å². The van der Waals surface area contributed by atoms with Crippen LogP contribution >= 0.6 is 0 Å². The second kappa shape index (κ2) is 14.8. The van der Waals surface area contributed by atoms with Crippen molar-refractivity contribution in [2.24, 2.45) is 0 Å². The van der Waals surface area contributed by atoms with Crippen molar-refractivity contribution in [1.82, 2.24) is 10.6 Å². The van der Waals surface area contributed by atoms with Gasteiger partial charge in [-0.15, -0.1) is 0 Å². The number of hydrogen-bond acceptors (Lipinski definition) is 13. The van der Waals surface area contributed by atoms with Gasteiger partial charge in [0, 0.05) is 47.1 Å². The van der Waals surface area contributed by atoms with E-state index in [-0.39, 0.29) is 69.4 Å². The molecule has 0 radical (unpaired) electrons. The van der Waals surface area contributed by atoms with Crippen molar-refractivity contribution in [2.45, 2.75) is 53.4 Å². The number of carbonyl (C=O) groups excluding carboxylic acids is 4. The zero-order valence-corrected chi connectivity index (χ0v) is 27.6. The summed E-state index contributed by atoms with van der Waals surface area (Å²) >= 11 is 0. The van der Waals surface area contributed by atoms with Crippen LogP contribution in [0.4, 0.5) is 11.4 Å². The highest BCUT2D eigenvalue weighted by molar-refractivity contribution is 6.08. The molecule has 15 nitrogen and oxygen atoms in total. The van der Waals surface area contributed by atoms with E-state index in [2.05, 4.69) is 10.6 Å². The molecule has 0 bridgehead atoms. The predicted molar refractivity (Wildman–Crippen MR) is 173 cm³/mol. The summed E-state index contributed by atoms with van der Waals surface area (Å²) in [7, 11) is 0. The number of carbonyl (C=O) groups is 4. The Balaban J connectivity index is 1.83. The molecule has 0 fully saturated rings. The van der Waals surface area contributed by atoms with Crippen LogP contribution in [0.2, 0.25) is 0 Å². The normalized spacial score (nSPS) is 17.6. The Kier molecular flexibility index (Phi) is 10.8. The van der Waals surface area contributed by atoms with Crippen LogP contribution in [0.5, 0.6) is 0 Å². The molecule has 256 valence electrons. The van der Waals surface area contributed by atoms with Crippen molar-refractivity contribution < 1.29 is 43.2 Å². The summed E-state index contributed by atoms with van der Waals surface area (Å²) in [4.78, 5) is 76.7. The van der Waals surface area contributed by atoms with Crippen LogP contribution < -0.4 is 10.6 Å². The van der Waals surface area contributed by atoms with Gasteiger partial charge in [-0.05, 0) is 52.7 Å². The standard InChI is InChI=1S/C34H34N4O11/c1-7-47-31(39)25-17(3)35-19(5)27(29(25)21-11-9-13-23(15-21)37(43)44)33(41)49-34(42)28-20(6)36-18(4)26(32(40)48-8-2)30(28)22-12-10-14-24(16-22)38(45)46/h9-16,29-30,35-36H,7-8H2,1-6H3/t29-,30-/m0/s1. The summed E-state index contributed by atoms with van der Waals surface area (Å²) in [6.45, 7) is 9.35. The number of benzene rings is 2. The highest BCUT2D eigenvalue weighted by Gasteiger charge is 2.42. The van der Waals surface area contributed by atoms with Gasteiger partial charge in [0.05, 0.1) is 57.2 Å². The van der Waals surface area contributed by atoms with Crippen molar-refractivity contribution >= 4 is 35.3 Å². The van der Waals surface area contributed by atoms with Gasteiger partial charge in [-0.1, -0.05) is 24.3 Å². The fourth-order valence-electron chi connectivity index (χ4n) is 5.98. The molecule has 2 heterocycles. The molecule has 15 heteroatoms. The highest BCUT2D eigenvalue weighted by atomic mass is 16.6. The largest absolute Gasteiger partial charge is 0.463 e. The van der Waals surface area contributed by atoms with Crippen molar-refractivity contribution in [3.63, 3.8) is 0 Å². The molecule has 0 spiro atoms. The van der Waals surface area contributed by atoms with Crippen molar-refractivity contribution in [1.29, 1.82) is 0 Å². The molecule has 0 saturated heterocycles. The van der Waals surface area contributed by atoms with Gasteiger partial charge in [0.2, 0.25) is 0 Å². The summed E-state index contributed by atoms with van der Waals surface area (Å²) < 4.78 is 16.0. The lowest BCUT2D eigenvalue weighted by Crippen LogP contribution is -2.35. The number of nitro groups is 2. The zero-order chi connectivity index (χ0) is 36.2. The average molecular weight is 675 g/mol. The molecule has 0 saturated carbocycles. The third-order valence-electron chi connectivity index (χ3n) is 7.97. The molecule has 2 aromatic rings. The van der Waals surface area contributed by atoms with Crippen molar-refractivity contribution in [3.8, 4) is 0 Å². The average Bonchev–Trinajstić information content (AvgIpc) is 3.04. The molecule has 0 aliphatic carbocycles. The number of dihydropyridines is 2. The minimum absolute atomic E-state index is 0.00651. The van der Waals surface area contributed by atoms with Crippen LogP contribution in [0.1, 0.15) is 64.5 Å². The molecule has 4 rings (SSSR count). The van der Waals surface area contributed by atoms with Crippen LogP contribution in [0.25, 0.3) is 0 Å². The Morgan fingerprint density at radius 1 is 0.612 bits per heavy atom. The number of nitrogens with zero attached hydrogens (tertiary/aromatic N) is 2. The van der Waals surface area contributed by atoms with Gasteiger partial charge in [-0.2, -0.15) is 0 Å². The van der Waals surface area contributed by atoms with E-state index in [0.717, 1.165) is 0 Å². The Hall–Kier alpha value is -6.12. The maximum absolute atomic E-state index is 14.1. The molecular formula is C34H34N4O11. The van der Waals surface area contributed by atoms with Gasteiger partial charge in [0.1, 0.15) is 0 Å². The number of ether oxygens (including phenoxy) is 3. The molecule has 2 atom stereocenters. The van der Waals surface area contributed by atoms with Gasteiger partial charge < -0.3 is 24.8 Å². The molecule has 2 aromatic carbocycles. The Labute approximate surface area is 280 Å². The number of allylic oxidation sites excluding steroid dienone is 4. The first kappa shape index (κ1) is 35.7. The molecule has 2 aliphatic rings. The fourth-order valence-corrected chi connectivity index (χ4v) is 5.98. The molecule has 2 aliphatic heterocycles. The minimum atomic E-state index is -1.25. The lowest BCUT2D eigenvalue weighted by molar-refractivity contribution is -0.385. The lowest BCUT2D eigenvalue weighted by atomic mass is 9.79. The monoisotopic (exact) mass is 674 g/mol. The van der Waals surface area contributed by atoms with E-state index in [9.17, 15) is 39.4 Å². The summed E-state index contributed by atoms with van der Waals surface area (Å²) in [5.74, 6) is -6.47. The van der Waals surface area contributed by atoms with E-state index in [1.54, 1.807) is 27.7 Å². The predicted octanol–water partition coefficient (Wildman–Crippen LogP) is 4.87. The van der Waals surface area contributed by atoms with Gasteiger partial charge in [0.15, 0.2) is 0 Å². The van der Waals surface area contributed by atoms with E-state index in [4.69, 9.17) is 14.2 Å². The summed E-state index contributed by atoms with van der Waals surface area (Å²) in [5.41, 5.74) is 0.333. The van der Waals surface area contributed by atoms with Gasteiger partial charge in [-0.3, -0.25) is 20.2 Å². The number of rotatable bonds is 10. The maximum atomic E-state index is 14.1. The van der Waals surface area contributed by atoms with Crippen LogP contribution in [-0.2, 0) is 33.4 Å². The van der Waals surface area contributed by atoms with E-state index in [1.165, 1.54) is 62.4 Å². The number of hydrogen-bond donors (Lipinski definition) is 2. The third kappa shape index (κ3) is 7.25. The second-order valence-electron chi connectivity index (χ2n) is 11.1. The molecule has 2 N–H and O–H groups in total. The number of nitrogens with one attached hydrogen (secondary N) is 2. The molecule has 0 aromatic heterocycles. The van der Waals surface area contributed by atoms with Gasteiger partial charge >= 0.3 is 23.9 Å². The number of esters is 4. The summed E-state index contributed by atoms with van der Waals surface area (Å²) in [6, 6.07) is 10.7. The van der Waals surface area contributed by atoms with Gasteiger partial charge in [-0.25, -0.2) is 19.2 Å². The molecule has 0 amide bonds. The lowest BCUT2D eigenvalue weighted by Gasteiger charge is -2.32. The first-order valence-corrected chi connectivity index (χ1v) is 15.2. The summed E-state index contributed by atoms with van der Waals surface area (Å²) in [6.07, 6.45) is 0. The van der Waals surface area contributed by atoms with E-state index >= 15 is 0 Å². The third-order valence-corrected chi connectivity index (χ3v) is 7.97. The Bertz CT molecular complexity index is 1770. The van der Waals surface area contributed by atoms with Gasteiger partial charge in [0.25, 0.3) is 11.4 Å². The first-order valence-electron chi connectivity index (χ1n) is 15.2. The quantitative estimate of drug-likeness (QED) is 0.114. The molecular weight excluding hydrogens is 640 g/mol. The number of nitro benzene ring substituents is 2. The smallest absolute Gasteiger partial charge is 0.344 e. The van der Waals surface area contributed by atoms with Crippen LogP contribution in [0.15, 0.2) is 93.6 Å². The zero-order valence-electron chi connectivity index (χ0n) is 27.6. The van der Waals surface area contributed by atoms with Crippen LogP contribution in [-0.4, -0.2) is 46.9 Å². The Morgan fingerprint density at radius 2 is 0.939 bits per heavy atom. The second-order valence-corrected chi connectivity index (χ2v) is 11.1. The fraction of sp³-hybridized carbons (Fsp3) is 0.294. The first-order chi connectivity index (χ1) is 23.2. The van der Waals surface area contributed by atoms with E-state index < -0.39 is 45.6 Å². The highest BCUT2D eigenvalue weighted by Crippen LogP contribution is 2.43. The minimum Gasteiger partial charge on any atom is -0.463 e. The molecule has 49 heavy (non-hydrogen) atoms. The Morgan fingerprint density at radius 3 is 1.24 bits per heavy atom. The van der Waals surface area contributed by atoms with E-state index in [1.807, 2.05) is 0 Å². The summed E-state index contributed by atoms with van der Waals surface area (Å²) in [5, 5.41) is 29.2.